The van der Waals surface area contributed by atoms with Gasteiger partial charge in [0.25, 0.3) is 0 Å². The number of benzene rings is 2. The van der Waals surface area contributed by atoms with E-state index in [1.54, 1.807) is 13.0 Å². The van der Waals surface area contributed by atoms with Gasteiger partial charge in [0.1, 0.15) is 41.3 Å². The smallest absolute Gasteiger partial charge is 0.143 e. The summed E-state index contributed by atoms with van der Waals surface area (Å²) in [6.07, 6.45) is 2.73. The summed E-state index contributed by atoms with van der Waals surface area (Å²) in [6.45, 7) is 3.57. The third-order valence-electron chi connectivity index (χ3n) is 5.29. The molecule has 1 N–H and O–H groups in total. The summed E-state index contributed by atoms with van der Waals surface area (Å²) in [4.78, 5) is 3.87. The Morgan fingerprint density at radius 2 is 1.90 bits per heavy atom. The van der Waals surface area contributed by atoms with Gasteiger partial charge in [-0.1, -0.05) is 48.0 Å². The standard InChI is InChI=1S/C22H20F2N4O2/c1-14-3-5-16(6-4-14)20-10-21(30-27-20)15(2)22(29,11-28-13-25-12-26-28)18-8-7-17(23)9-19(18)24/h3-10,12-13,15,29H,11H2,1-2H3/t15-,22+/m0/s1. The topological polar surface area (TPSA) is 77.0 Å². The number of hydrogen-bond donors (Lipinski definition) is 1. The van der Waals surface area contributed by atoms with Crippen LogP contribution in [0.25, 0.3) is 11.3 Å². The van der Waals surface area contributed by atoms with Crippen LogP contribution in [0.1, 0.15) is 29.7 Å². The fourth-order valence-corrected chi connectivity index (χ4v) is 3.45. The largest absolute Gasteiger partial charge is 0.382 e. The fourth-order valence-electron chi connectivity index (χ4n) is 3.45. The number of rotatable bonds is 6. The number of aromatic nitrogens is 4. The highest BCUT2D eigenvalue weighted by Gasteiger charge is 2.42. The van der Waals surface area contributed by atoms with E-state index >= 15 is 0 Å². The molecule has 2 atom stereocenters. The first-order chi connectivity index (χ1) is 14.4. The highest BCUT2D eigenvalue weighted by Crippen LogP contribution is 2.40. The van der Waals surface area contributed by atoms with Crippen LogP contribution in [0.2, 0.25) is 0 Å². The Balaban J connectivity index is 1.74. The van der Waals surface area contributed by atoms with E-state index in [-0.39, 0.29) is 12.1 Å². The van der Waals surface area contributed by atoms with Crippen LogP contribution in [0.15, 0.2) is 65.7 Å². The van der Waals surface area contributed by atoms with Gasteiger partial charge in [0, 0.05) is 23.3 Å². The van der Waals surface area contributed by atoms with Gasteiger partial charge in [-0.25, -0.2) is 18.4 Å². The molecule has 0 aliphatic heterocycles. The third-order valence-corrected chi connectivity index (χ3v) is 5.29. The van der Waals surface area contributed by atoms with Crippen molar-refractivity contribution in [2.24, 2.45) is 0 Å². The lowest BCUT2D eigenvalue weighted by atomic mass is 9.80. The molecule has 0 spiro atoms. The van der Waals surface area contributed by atoms with Crippen LogP contribution in [0.5, 0.6) is 0 Å². The summed E-state index contributed by atoms with van der Waals surface area (Å²) in [5.41, 5.74) is 0.704. The first-order valence-electron chi connectivity index (χ1n) is 9.41. The lowest BCUT2D eigenvalue weighted by Gasteiger charge is -2.33. The van der Waals surface area contributed by atoms with Gasteiger partial charge in [0.2, 0.25) is 0 Å². The van der Waals surface area contributed by atoms with Crippen molar-refractivity contribution in [3.8, 4) is 11.3 Å². The van der Waals surface area contributed by atoms with E-state index in [1.165, 1.54) is 23.4 Å². The minimum atomic E-state index is -1.80. The van der Waals surface area contributed by atoms with Crippen LogP contribution in [0.3, 0.4) is 0 Å². The summed E-state index contributed by atoms with van der Waals surface area (Å²) in [5, 5.41) is 19.7. The quantitative estimate of drug-likeness (QED) is 0.515. The second-order valence-electron chi connectivity index (χ2n) is 7.34. The molecule has 154 valence electrons. The van der Waals surface area contributed by atoms with Crippen molar-refractivity contribution in [1.82, 2.24) is 19.9 Å². The van der Waals surface area contributed by atoms with Crippen LogP contribution in [0.4, 0.5) is 8.78 Å². The molecule has 0 radical (unpaired) electrons. The molecule has 30 heavy (non-hydrogen) atoms. The molecule has 8 heteroatoms. The van der Waals surface area contributed by atoms with E-state index in [1.807, 2.05) is 31.2 Å². The second kappa shape index (κ2) is 7.79. The average Bonchev–Trinajstić information content (AvgIpc) is 3.40. The van der Waals surface area contributed by atoms with Crippen LogP contribution < -0.4 is 0 Å². The molecule has 2 aromatic carbocycles. The van der Waals surface area contributed by atoms with Gasteiger partial charge < -0.3 is 9.63 Å². The van der Waals surface area contributed by atoms with Crippen LogP contribution in [0, 0.1) is 18.6 Å². The Kier molecular flexibility index (Phi) is 5.17. The first kappa shape index (κ1) is 19.9. The van der Waals surface area contributed by atoms with Crippen LogP contribution in [-0.4, -0.2) is 25.0 Å². The van der Waals surface area contributed by atoms with E-state index in [0.717, 1.165) is 23.3 Å². The number of aliphatic hydroxyl groups is 1. The SMILES string of the molecule is Cc1ccc(-c2cc([C@H](C)[C@](O)(Cn3cncn3)c3ccc(F)cc3F)on2)cc1. The zero-order valence-electron chi connectivity index (χ0n) is 16.5. The highest BCUT2D eigenvalue weighted by atomic mass is 19.1. The third kappa shape index (κ3) is 3.73. The van der Waals surface area contributed by atoms with Gasteiger partial charge in [-0.2, -0.15) is 5.10 Å². The van der Waals surface area contributed by atoms with Crippen molar-refractivity contribution in [2.45, 2.75) is 31.9 Å². The average molecular weight is 410 g/mol. The zero-order chi connectivity index (χ0) is 21.3. The monoisotopic (exact) mass is 410 g/mol. The van der Waals surface area contributed by atoms with Crippen molar-refractivity contribution in [3.63, 3.8) is 0 Å². The molecule has 0 aliphatic carbocycles. The van der Waals surface area contributed by atoms with Crippen molar-refractivity contribution < 1.29 is 18.4 Å². The fraction of sp³-hybridized carbons (Fsp3) is 0.227. The second-order valence-corrected chi connectivity index (χ2v) is 7.34. The van der Waals surface area contributed by atoms with E-state index in [2.05, 4.69) is 15.2 Å². The minimum Gasteiger partial charge on any atom is -0.382 e. The minimum absolute atomic E-state index is 0.0693. The number of halogens is 2. The van der Waals surface area contributed by atoms with E-state index in [9.17, 15) is 13.9 Å². The molecule has 4 aromatic rings. The molecule has 0 aliphatic rings. The molecular weight excluding hydrogens is 390 g/mol. The van der Waals surface area contributed by atoms with Crippen LogP contribution in [-0.2, 0) is 12.1 Å². The van der Waals surface area contributed by atoms with Crippen molar-refractivity contribution in [2.75, 3.05) is 0 Å². The predicted octanol–water partition coefficient (Wildman–Crippen LogP) is 4.21. The molecule has 0 unspecified atom stereocenters. The summed E-state index contributed by atoms with van der Waals surface area (Å²) >= 11 is 0. The van der Waals surface area contributed by atoms with Crippen molar-refractivity contribution in [3.05, 3.63) is 89.7 Å². The summed E-state index contributed by atoms with van der Waals surface area (Å²) in [6, 6.07) is 12.6. The van der Waals surface area contributed by atoms with E-state index < -0.39 is 23.2 Å². The maximum Gasteiger partial charge on any atom is 0.143 e. The molecule has 4 rings (SSSR count). The number of aryl methyl sites for hydroxylation is 1. The summed E-state index contributed by atoms with van der Waals surface area (Å²) in [5.74, 6) is -1.96. The number of nitrogens with zero attached hydrogens (tertiary/aromatic N) is 4. The lowest BCUT2D eigenvalue weighted by molar-refractivity contribution is -0.0181. The van der Waals surface area contributed by atoms with E-state index in [4.69, 9.17) is 4.52 Å². The van der Waals surface area contributed by atoms with Crippen LogP contribution >= 0.6 is 0 Å². The molecule has 2 heterocycles. The summed E-state index contributed by atoms with van der Waals surface area (Å²) in [7, 11) is 0. The maximum absolute atomic E-state index is 14.7. The molecule has 0 amide bonds. The van der Waals surface area contributed by atoms with Gasteiger partial charge >= 0.3 is 0 Å². The Morgan fingerprint density at radius 1 is 1.13 bits per heavy atom. The van der Waals surface area contributed by atoms with Crippen molar-refractivity contribution >= 4 is 0 Å². The molecule has 6 nitrogen and oxygen atoms in total. The predicted molar refractivity (Wildman–Crippen MR) is 105 cm³/mol. The molecule has 0 bridgehead atoms. The van der Waals surface area contributed by atoms with Gasteiger partial charge in [-0.05, 0) is 13.0 Å². The Hall–Kier alpha value is -3.39. The zero-order valence-corrected chi connectivity index (χ0v) is 16.5. The van der Waals surface area contributed by atoms with Gasteiger partial charge in [-0.3, -0.25) is 0 Å². The molecule has 0 fully saturated rings. The van der Waals surface area contributed by atoms with Crippen molar-refractivity contribution in [1.29, 1.82) is 0 Å². The molecule has 2 aromatic heterocycles. The Labute approximate surface area is 171 Å². The number of hydrogen-bond acceptors (Lipinski definition) is 5. The summed E-state index contributed by atoms with van der Waals surface area (Å²) < 4.78 is 35.0. The highest BCUT2D eigenvalue weighted by molar-refractivity contribution is 5.59. The normalized spacial score (nSPS) is 14.4. The Bertz CT molecular complexity index is 1140. The maximum atomic E-state index is 14.7. The van der Waals surface area contributed by atoms with Gasteiger partial charge in [0.15, 0.2) is 0 Å². The molecule has 0 saturated carbocycles. The first-order valence-corrected chi connectivity index (χ1v) is 9.41. The lowest BCUT2D eigenvalue weighted by Crippen LogP contribution is -2.38. The Morgan fingerprint density at radius 3 is 2.57 bits per heavy atom. The van der Waals surface area contributed by atoms with E-state index in [0.29, 0.717) is 11.5 Å². The van der Waals surface area contributed by atoms with Gasteiger partial charge in [0.05, 0.1) is 12.5 Å². The molecular formula is C22H20F2N4O2. The van der Waals surface area contributed by atoms with Gasteiger partial charge in [-0.15, -0.1) is 0 Å². The molecule has 0 saturated heterocycles.